The first-order chi connectivity index (χ1) is 4.97. The summed E-state index contributed by atoms with van der Waals surface area (Å²) in [6.07, 6.45) is 7.69. The summed E-state index contributed by atoms with van der Waals surface area (Å²) < 4.78 is 0. The van der Waals surface area contributed by atoms with Crippen LogP contribution in [0.4, 0.5) is 0 Å². The van der Waals surface area contributed by atoms with Gasteiger partial charge in [0, 0.05) is 25.3 Å². The highest BCUT2D eigenvalue weighted by molar-refractivity contribution is 5.29. The molecule has 2 aliphatic heterocycles. The molecule has 0 saturated heterocycles. The molecule has 0 bridgehead atoms. The Labute approximate surface area is 61.0 Å². The quantitative estimate of drug-likeness (QED) is 0.503. The minimum atomic E-state index is 0.617. The Bertz CT molecular complexity index is 182. The van der Waals surface area contributed by atoms with Gasteiger partial charge in [-0.1, -0.05) is 12.2 Å². The summed E-state index contributed by atoms with van der Waals surface area (Å²) in [6.45, 7) is 2.14. The molecular weight excluding hydrogens is 124 g/mol. The Hall–Kier alpha value is -0.760. The summed E-state index contributed by atoms with van der Waals surface area (Å²) in [5.41, 5.74) is 1.40. The molecule has 0 aromatic carbocycles. The molecule has 1 atom stereocenters. The summed E-state index contributed by atoms with van der Waals surface area (Å²) in [4.78, 5) is 0. The molecule has 0 amide bonds. The van der Waals surface area contributed by atoms with Crippen LogP contribution in [0.2, 0.25) is 0 Å². The number of hydrogen-bond acceptors (Lipinski definition) is 2. The maximum absolute atomic E-state index is 3.43. The van der Waals surface area contributed by atoms with Gasteiger partial charge in [-0.2, -0.15) is 0 Å². The average molecular weight is 136 g/mol. The van der Waals surface area contributed by atoms with Crippen LogP contribution in [0.25, 0.3) is 0 Å². The van der Waals surface area contributed by atoms with Crippen molar-refractivity contribution in [2.45, 2.75) is 12.5 Å². The maximum atomic E-state index is 3.43. The summed E-state index contributed by atoms with van der Waals surface area (Å²) in [5, 5.41) is 6.66. The maximum Gasteiger partial charge on any atom is 0.0353 e. The van der Waals surface area contributed by atoms with E-state index in [0.29, 0.717) is 6.04 Å². The molecule has 0 aromatic heterocycles. The zero-order valence-corrected chi connectivity index (χ0v) is 5.93. The topological polar surface area (TPSA) is 24.1 Å². The molecule has 0 aliphatic carbocycles. The van der Waals surface area contributed by atoms with Gasteiger partial charge in [0.15, 0.2) is 0 Å². The fourth-order valence-corrected chi connectivity index (χ4v) is 1.47. The van der Waals surface area contributed by atoms with E-state index >= 15 is 0 Å². The van der Waals surface area contributed by atoms with E-state index in [2.05, 4.69) is 29.0 Å². The molecule has 10 heavy (non-hydrogen) atoms. The lowest BCUT2D eigenvalue weighted by molar-refractivity contribution is 0.525. The Kier molecular flexibility index (Phi) is 1.47. The van der Waals surface area contributed by atoms with Gasteiger partial charge < -0.3 is 10.6 Å². The fraction of sp³-hybridized carbons (Fsp3) is 0.500. The molecule has 2 heteroatoms. The van der Waals surface area contributed by atoms with Gasteiger partial charge in [-0.05, 0) is 12.0 Å². The van der Waals surface area contributed by atoms with Crippen molar-refractivity contribution in [1.82, 2.24) is 10.6 Å². The van der Waals surface area contributed by atoms with Gasteiger partial charge in [0.2, 0.25) is 0 Å². The highest BCUT2D eigenvalue weighted by Crippen LogP contribution is 2.13. The van der Waals surface area contributed by atoms with Gasteiger partial charge in [0.25, 0.3) is 0 Å². The van der Waals surface area contributed by atoms with Crippen molar-refractivity contribution >= 4 is 0 Å². The molecule has 2 N–H and O–H groups in total. The van der Waals surface area contributed by atoms with Gasteiger partial charge in [-0.15, -0.1) is 0 Å². The molecule has 0 radical (unpaired) electrons. The highest BCUT2D eigenvalue weighted by Gasteiger charge is 2.16. The zero-order valence-electron chi connectivity index (χ0n) is 5.93. The summed E-state index contributed by atoms with van der Waals surface area (Å²) in [7, 11) is 0. The SMILES string of the molecule is C1=CC2=CNCCC2NC1. The van der Waals surface area contributed by atoms with Crippen molar-refractivity contribution in [2.24, 2.45) is 0 Å². The van der Waals surface area contributed by atoms with Crippen LogP contribution >= 0.6 is 0 Å². The number of nitrogens with one attached hydrogen (secondary N) is 2. The normalized spacial score (nSPS) is 30.4. The average Bonchev–Trinajstić information content (AvgIpc) is 2.05. The van der Waals surface area contributed by atoms with Gasteiger partial charge in [0.1, 0.15) is 0 Å². The van der Waals surface area contributed by atoms with E-state index in [9.17, 15) is 0 Å². The van der Waals surface area contributed by atoms with E-state index in [1.54, 1.807) is 0 Å². The summed E-state index contributed by atoms with van der Waals surface area (Å²) >= 11 is 0. The smallest absolute Gasteiger partial charge is 0.0353 e. The second kappa shape index (κ2) is 2.46. The van der Waals surface area contributed by atoms with Crippen LogP contribution in [0.3, 0.4) is 0 Å². The lowest BCUT2D eigenvalue weighted by Gasteiger charge is -2.26. The van der Waals surface area contributed by atoms with Crippen molar-refractivity contribution in [3.63, 3.8) is 0 Å². The highest BCUT2D eigenvalue weighted by atomic mass is 15.0. The van der Waals surface area contributed by atoms with Crippen LogP contribution in [0.5, 0.6) is 0 Å². The number of rotatable bonds is 0. The molecule has 2 rings (SSSR count). The van der Waals surface area contributed by atoms with E-state index in [1.807, 2.05) is 0 Å². The Balaban J connectivity index is 2.21. The van der Waals surface area contributed by atoms with Crippen LogP contribution in [0.1, 0.15) is 6.42 Å². The first-order valence-corrected chi connectivity index (χ1v) is 3.80. The standard InChI is InChI=1S/C8H12N2/c1-2-7-6-9-5-3-8(7)10-4-1/h1-2,6,8-10H,3-5H2. The van der Waals surface area contributed by atoms with Crippen molar-refractivity contribution in [2.75, 3.05) is 13.1 Å². The molecule has 0 fully saturated rings. The van der Waals surface area contributed by atoms with Crippen molar-refractivity contribution in [3.05, 3.63) is 23.9 Å². The monoisotopic (exact) mass is 136 g/mol. The Morgan fingerprint density at radius 2 is 2.50 bits per heavy atom. The molecule has 0 spiro atoms. The lowest BCUT2D eigenvalue weighted by Crippen LogP contribution is -2.39. The third kappa shape index (κ3) is 0.948. The Morgan fingerprint density at radius 1 is 1.50 bits per heavy atom. The largest absolute Gasteiger partial charge is 0.391 e. The van der Waals surface area contributed by atoms with Gasteiger partial charge in [0.05, 0.1) is 0 Å². The molecule has 0 aromatic rings. The third-order valence-electron chi connectivity index (χ3n) is 2.04. The van der Waals surface area contributed by atoms with Crippen LogP contribution in [-0.4, -0.2) is 19.1 Å². The first-order valence-electron chi connectivity index (χ1n) is 3.80. The minimum Gasteiger partial charge on any atom is -0.391 e. The van der Waals surface area contributed by atoms with Gasteiger partial charge in [-0.3, -0.25) is 0 Å². The molecule has 54 valence electrons. The predicted molar refractivity (Wildman–Crippen MR) is 41.6 cm³/mol. The molecular formula is C8H12N2. The number of hydrogen-bond donors (Lipinski definition) is 2. The zero-order chi connectivity index (χ0) is 6.81. The lowest BCUT2D eigenvalue weighted by atomic mass is 9.99. The van der Waals surface area contributed by atoms with E-state index in [4.69, 9.17) is 0 Å². The second-order valence-electron chi connectivity index (χ2n) is 2.75. The minimum absolute atomic E-state index is 0.617. The molecule has 2 heterocycles. The Morgan fingerprint density at radius 3 is 3.40 bits per heavy atom. The van der Waals surface area contributed by atoms with Crippen molar-refractivity contribution in [1.29, 1.82) is 0 Å². The van der Waals surface area contributed by atoms with Crippen LogP contribution in [0, 0.1) is 0 Å². The van der Waals surface area contributed by atoms with E-state index < -0.39 is 0 Å². The van der Waals surface area contributed by atoms with Crippen molar-refractivity contribution < 1.29 is 0 Å². The third-order valence-corrected chi connectivity index (χ3v) is 2.04. The molecule has 1 unspecified atom stereocenters. The molecule has 2 aliphatic rings. The molecule has 0 saturated carbocycles. The summed E-state index contributed by atoms with van der Waals surface area (Å²) in [6, 6.07) is 0.617. The second-order valence-corrected chi connectivity index (χ2v) is 2.75. The van der Waals surface area contributed by atoms with Crippen LogP contribution in [0.15, 0.2) is 23.9 Å². The first kappa shape index (κ1) is 5.98. The van der Waals surface area contributed by atoms with E-state index in [1.165, 1.54) is 12.0 Å². The van der Waals surface area contributed by atoms with E-state index in [-0.39, 0.29) is 0 Å². The predicted octanol–water partition coefficient (Wildman–Crippen LogP) is 0.392. The number of fused-ring (bicyclic) bond motifs is 1. The van der Waals surface area contributed by atoms with Crippen LogP contribution in [-0.2, 0) is 0 Å². The fourth-order valence-electron chi connectivity index (χ4n) is 1.47. The van der Waals surface area contributed by atoms with Crippen molar-refractivity contribution in [3.8, 4) is 0 Å². The molecule has 2 nitrogen and oxygen atoms in total. The summed E-state index contributed by atoms with van der Waals surface area (Å²) in [5.74, 6) is 0. The van der Waals surface area contributed by atoms with Gasteiger partial charge >= 0.3 is 0 Å². The van der Waals surface area contributed by atoms with Crippen LogP contribution < -0.4 is 10.6 Å². The van der Waals surface area contributed by atoms with Gasteiger partial charge in [-0.25, -0.2) is 0 Å². The van der Waals surface area contributed by atoms with E-state index in [0.717, 1.165) is 13.1 Å².